The standard InChI is InChI=1S/C26H31FN2O2/c1-3-5-19-9-10-22(16-25(19)27)28-17-21-8-7-20-6-4-15-29(26(20)18(21)2)23-11-13-24(31-30)14-12-23/h8-14,16,20,28,30H,3-7,15,17H2,1-2H3. The van der Waals surface area contributed by atoms with Crippen molar-refractivity contribution >= 4 is 11.4 Å². The Bertz CT molecular complexity index is 981. The summed E-state index contributed by atoms with van der Waals surface area (Å²) in [5.41, 5.74) is 6.66. The van der Waals surface area contributed by atoms with Crippen molar-refractivity contribution in [3.05, 3.63) is 76.8 Å². The van der Waals surface area contributed by atoms with Crippen LogP contribution in [0.2, 0.25) is 0 Å². The van der Waals surface area contributed by atoms with E-state index in [1.165, 1.54) is 23.3 Å². The summed E-state index contributed by atoms with van der Waals surface area (Å²) in [6, 6.07) is 13.0. The van der Waals surface area contributed by atoms with Gasteiger partial charge in [-0.25, -0.2) is 9.65 Å². The van der Waals surface area contributed by atoms with Crippen LogP contribution in [0, 0.1) is 11.7 Å². The van der Waals surface area contributed by atoms with E-state index in [9.17, 15) is 4.39 Å². The van der Waals surface area contributed by atoms with Gasteiger partial charge in [0.15, 0.2) is 5.75 Å². The molecule has 0 bridgehead atoms. The van der Waals surface area contributed by atoms with E-state index in [4.69, 9.17) is 5.26 Å². The quantitative estimate of drug-likeness (QED) is 0.392. The molecule has 2 aromatic rings. The number of hydrogen-bond acceptors (Lipinski definition) is 4. The van der Waals surface area contributed by atoms with Crippen molar-refractivity contribution in [3.63, 3.8) is 0 Å². The van der Waals surface area contributed by atoms with Gasteiger partial charge in [-0.1, -0.05) is 25.5 Å². The second kappa shape index (κ2) is 9.56. The summed E-state index contributed by atoms with van der Waals surface area (Å²) < 4.78 is 14.3. The lowest BCUT2D eigenvalue weighted by molar-refractivity contribution is -0.137. The molecule has 4 rings (SSSR count). The number of benzene rings is 2. The molecule has 1 heterocycles. The number of nitrogens with zero attached hydrogens (tertiary/aromatic N) is 1. The van der Waals surface area contributed by atoms with Crippen LogP contribution in [-0.4, -0.2) is 18.3 Å². The third-order valence-electron chi connectivity index (χ3n) is 6.44. The molecule has 31 heavy (non-hydrogen) atoms. The number of anilines is 2. The summed E-state index contributed by atoms with van der Waals surface area (Å²) in [5, 5.41) is 12.3. The minimum absolute atomic E-state index is 0.131. The van der Waals surface area contributed by atoms with Gasteiger partial charge in [0, 0.05) is 36.1 Å². The maximum atomic E-state index is 14.3. The average Bonchev–Trinajstić information content (AvgIpc) is 2.80. The molecule has 0 radical (unpaired) electrons. The summed E-state index contributed by atoms with van der Waals surface area (Å²) in [6.07, 6.45) is 7.43. The van der Waals surface area contributed by atoms with Crippen LogP contribution in [-0.2, 0) is 6.42 Å². The lowest BCUT2D eigenvalue weighted by Crippen LogP contribution is -2.36. The van der Waals surface area contributed by atoms with Gasteiger partial charge in [0.2, 0.25) is 0 Å². The molecule has 0 saturated carbocycles. The topological polar surface area (TPSA) is 44.7 Å². The Hall–Kier alpha value is -2.79. The first-order valence-electron chi connectivity index (χ1n) is 11.2. The Morgan fingerprint density at radius 2 is 2.00 bits per heavy atom. The van der Waals surface area contributed by atoms with E-state index in [0.717, 1.165) is 49.2 Å². The number of halogens is 1. The Morgan fingerprint density at radius 1 is 1.19 bits per heavy atom. The molecule has 1 atom stereocenters. The van der Waals surface area contributed by atoms with Crippen LogP contribution >= 0.6 is 0 Å². The van der Waals surface area contributed by atoms with Gasteiger partial charge < -0.3 is 15.1 Å². The molecule has 1 saturated heterocycles. The maximum Gasteiger partial charge on any atom is 0.165 e. The lowest BCUT2D eigenvalue weighted by atomic mass is 9.81. The average molecular weight is 423 g/mol. The molecule has 1 aliphatic heterocycles. The van der Waals surface area contributed by atoms with Gasteiger partial charge in [0.05, 0.1) is 0 Å². The van der Waals surface area contributed by atoms with Crippen molar-refractivity contribution in [2.45, 2.75) is 46.0 Å². The molecule has 1 fully saturated rings. The lowest BCUT2D eigenvalue weighted by Gasteiger charge is -2.41. The normalized spacial score (nSPS) is 18.5. The molecule has 0 spiro atoms. The Labute approximate surface area is 184 Å². The van der Waals surface area contributed by atoms with E-state index in [1.54, 1.807) is 18.2 Å². The molecule has 5 heteroatoms. The van der Waals surface area contributed by atoms with E-state index >= 15 is 0 Å². The maximum absolute atomic E-state index is 14.3. The first-order chi connectivity index (χ1) is 15.1. The molecule has 2 aromatic carbocycles. The third-order valence-corrected chi connectivity index (χ3v) is 6.44. The van der Waals surface area contributed by atoms with Crippen molar-refractivity contribution in [3.8, 4) is 5.75 Å². The van der Waals surface area contributed by atoms with Gasteiger partial charge in [0.1, 0.15) is 5.82 Å². The van der Waals surface area contributed by atoms with Crippen LogP contribution in [0.4, 0.5) is 15.8 Å². The predicted molar refractivity (Wildman–Crippen MR) is 124 cm³/mol. The Balaban J connectivity index is 1.52. The van der Waals surface area contributed by atoms with E-state index in [1.807, 2.05) is 24.3 Å². The molecule has 0 amide bonds. The van der Waals surface area contributed by atoms with Crippen LogP contribution in [0.25, 0.3) is 0 Å². The van der Waals surface area contributed by atoms with Crippen LogP contribution in [0.5, 0.6) is 5.75 Å². The number of piperidine rings is 1. The van der Waals surface area contributed by atoms with Crippen LogP contribution in [0.3, 0.4) is 0 Å². The second-order valence-electron chi connectivity index (χ2n) is 8.46. The zero-order valence-corrected chi connectivity index (χ0v) is 18.3. The molecule has 1 unspecified atom stereocenters. The molecule has 164 valence electrons. The van der Waals surface area contributed by atoms with Gasteiger partial charge in [0.25, 0.3) is 0 Å². The first kappa shape index (κ1) is 21.4. The minimum atomic E-state index is -0.131. The SMILES string of the molecule is CCCc1ccc(NCC2=CCC3CCCN(c4ccc(OO)cc4)C3=C2C)cc1F. The summed E-state index contributed by atoms with van der Waals surface area (Å²) in [5.74, 6) is 0.832. The number of rotatable bonds is 7. The highest BCUT2D eigenvalue weighted by Crippen LogP contribution is 2.40. The Morgan fingerprint density at radius 3 is 2.71 bits per heavy atom. The van der Waals surface area contributed by atoms with E-state index < -0.39 is 0 Å². The summed E-state index contributed by atoms with van der Waals surface area (Å²) in [6.45, 7) is 5.92. The van der Waals surface area contributed by atoms with Crippen LogP contribution in [0.15, 0.2) is 65.4 Å². The molecule has 2 aliphatic rings. The molecular weight excluding hydrogens is 391 g/mol. The molecular formula is C26H31FN2O2. The number of allylic oxidation sites excluding steroid dienone is 2. The minimum Gasteiger partial charge on any atom is -0.381 e. The smallest absolute Gasteiger partial charge is 0.165 e. The predicted octanol–water partition coefficient (Wildman–Crippen LogP) is 6.56. The Kier molecular flexibility index (Phi) is 6.62. The number of aryl methyl sites for hydroxylation is 1. The van der Waals surface area contributed by atoms with Crippen molar-refractivity contribution in [2.24, 2.45) is 5.92 Å². The number of hydrogen-bond donors (Lipinski definition) is 2. The van der Waals surface area contributed by atoms with Crippen molar-refractivity contribution in [1.82, 2.24) is 0 Å². The zero-order chi connectivity index (χ0) is 21.8. The fourth-order valence-electron chi connectivity index (χ4n) is 4.80. The second-order valence-corrected chi connectivity index (χ2v) is 8.46. The summed E-state index contributed by atoms with van der Waals surface area (Å²) in [4.78, 5) is 6.73. The zero-order valence-electron chi connectivity index (χ0n) is 18.3. The number of fused-ring (bicyclic) bond motifs is 1. The summed E-state index contributed by atoms with van der Waals surface area (Å²) in [7, 11) is 0. The summed E-state index contributed by atoms with van der Waals surface area (Å²) >= 11 is 0. The van der Waals surface area contributed by atoms with Crippen LogP contribution < -0.4 is 15.1 Å². The van der Waals surface area contributed by atoms with E-state index in [0.29, 0.717) is 18.2 Å². The largest absolute Gasteiger partial charge is 0.381 e. The van der Waals surface area contributed by atoms with Gasteiger partial charge >= 0.3 is 0 Å². The van der Waals surface area contributed by atoms with Crippen molar-refractivity contribution in [1.29, 1.82) is 0 Å². The number of nitrogens with one attached hydrogen (secondary N) is 1. The van der Waals surface area contributed by atoms with Crippen molar-refractivity contribution in [2.75, 3.05) is 23.3 Å². The fraction of sp³-hybridized carbons (Fsp3) is 0.385. The highest BCUT2D eigenvalue weighted by atomic mass is 19.1. The monoisotopic (exact) mass is 422 g/mol. The highest BCUT2D eigenvalue weighted by molar-refractivity contribution is 5.59. The van der Waals surface area contributed by atoms with E-state index in [-0.39, 0.29) is 5.82 Å². The van der Waals surface area contributed by atoms with E-state index in [2.05, 4.69) is 35.0 Å². The molecule has 4 nitrogen and oxygen atoms in total. The molecule has 2 N–H and O–H groups in total. The molecule has 1 aliphatic carbocycles. The van der Waals surface area contributed by atoms with Crippen molar-refractivity contribution < 1.29 is 14.5 Å². The van der Waals surface area contributed by atoms with Gasteiger partial charge in [-0.3, -0.25) is 0 Å². The first-order valence-corrected chi connectivity index (χ1v) is 11.2. The molecule has 0 aromatic heterocycles. The van der Waals surface area contributed by atoms with Gasteiger partial charge in [-0.2, -0.15) is 0 Å². The third kappa shape index (κ3) is 4.62. The van der Waals surface area contributed by atoms with Crippen LogP contribution in [0.1, 0.15) is 45.1 Å². The van der Waals surface area contributed by atoms with Gasteiger partial charge in [-0.05, 0) is 85.7 Å². The fourth-order valence-corrected chi connectivity index (χ4v) is 4.80. The van der Waals surface area contributed by atoms with Gasteiger partial charge in [-0.15, -0.1) is 0 Å². The highest BCUT2D eigenvalue weighted by Gasteiger charge is 2.30.